The molecule has 2 aromatic carbocycles. The zero-order chi connectivity index (χ0) is 18.4. The maximum absolute atomic E-state index is 12.9. The van der Waals surface area contributed by atoms with Gasteiger partial charge in [-0.05, 0) is 49.2 Å². The highest BCUT2D eigenvalue weighted by Crippen LogP contribution is 2.20. The number of nitrogens with one attached hydrogen (secondary N) is 1. The summed E-state index contributed by atoms with van der Waals surface area (Å²) in [6, 6.07) is 15.4. The van der Waals surface area contributed by atoms with Crippen molar-refractivity contribution in [1.29, 1.82) is 0 Å². The molecule has 0 radical (unpaired) electrons. The third kappa shape index (κ3) is 5.08. The first-order valence-corrected chi connectivity index (χ1v) is 9.62. The van der Waals surface area contributed by atoms with Gasteiger partial charge in [0.1, 0.15) is 5.82 Å². The Morgan fingerprint density at radius 3 is 2.35 bits per heavy atom. The molecule has 6 heteroatoms. The molecular formula is C20H21FN2O2S. The van der Waals surface area contributed by atoms with Crippen LogP contribution in [0.4, 0.5) is 4.39 Å². The molecule has 0 atom stereocenters. The third-order valence-corrected chi connectivity index (χ3v) is 5.39. The van der Waals surface area contributed by atoms with E-state index in [0.717, 1.165) is 17.7 Å². The SMILES string of the molecule is O=C(NC1CCN(C(=O)CSc2ccc(F)cc2)CC1)c1ccccc1. The number of hydrogen-bond acceptors (Lipinski definition) is 3. The highest BCUT2D eigenvalue weighted by atomic mass is 32.2. The smallest absolute Gasteiger partial charge is 0.251 e. The van der Waals surface area contributed by atoms with Crippen LogP contribution in [0.1, 0.15) is 23.2 Å². The highest BCUT2D eigenvalue weighted by Gasteiger charge is 2.24. The van der Waals surface area contributed by atoms with Crippen LogP contribution in [-0.2, 0) is 4.79 Å². The van der Waals surface area contributed by atoms with Crippen LogP contribution in [0.2, 0.25) is 0 Å². The van der Waals surface area contributed by atoms with E-state index in [0.29, 0.717) is 24.4 Å². The summed E-state index contributed by atoms with van der Waals surface area (Å²) in [7, 11) is 0. The van der Waals surface area contributed by atoms with Crippen LogP contribution in [0.25, 0.3) is 0 Å². The van der Waals surface area contributed by atoms with Gasteiger partial charge < -0.3 is 10.2 Å². The quantitative estimate of drug-likeness (QED) is 0.819. The average Bonchev–Trinajstić information content (AvgIpc) is 2.68. The molecule has 0 saturated carbocycles. The summed E-state index contributed by atoms with van der Waals surface area (Å²) in [5.74, 6) is 0.0712. The van der Waals surface area contributed by atoms with Crippen LogP contribution in [0, 0.1) is 5.82 Å². The van der Waals surface area contributed by atoms with Gasteiger partial charge in [-0.2, -0.15) is 0 Å². The predicted octanol–water partition coefficient (Wildman–Crippen LogP) is 3.34. The Kier molecular flexibility index (Phi) is 6.28. The molecule has 0 aromatic heterocycles. The Morgan fingerprint density at radius 2 is 1.69 bits per heavy atom. The fraction of sp³-hybridized carbons (Fsp3) is 0.300. The van der Waals surface area contributed by atoms with Crippen LogP contribution in [0.3, 0.4) is 0 Å². The standard InChI is InChI=1S/C20H21FN2O2S/c21-16-6-8-18(9-7-16)26-14-19(24)23-12-10-17(11-13-23)22-20(25)15-4-2-1-3-5-15/h1-9,17H,10-14H2,(H,22,25). The number of amides is 2. The van der Waals surface area contributed by atoms with Crippen molar-refractivity contribution in [2.75, 3.05) is 18.8 Å². The normalized spacial score (nSPS) is 14.9. The van der Waals surface area contributed by atoms with E-state index in [1.165, 1.54) is 23.9 Å². The lowest BCUT2D eigenvalue weighted by Crippen LogP contribution is -2.47. The summed E-state index contributed by atoms with van der Waals surface area (Å²) in [5.41, 5.74) is 0.654. The highest BCUT2D eigenvalue weighted by molar-refractivity contribution is 8.00. The number of carbonyl (C=O) groups excluding carboxylic acids is 2. The summed E-state index contributed by atoms with van der Waals surface area (Å²) in [6.45, 7) is 1.28. The zero-order valence-electron chi connectivity index (χ0n) is 14.4. The van der Waals surface area contributed by atoms with Crippen LogP contribution in [0.15, 0.2) is 59.5 Å². The van der Waals surface area contributed by atoms with E-state index >= 15 is 0 Å². The topological polar surface area (TPSA) is 49.4 Å². The zero-order valence-corrected chi connectivity index (χ0v) is 15.2. The summed E-state index contributed by atoms with van der Waals surface area (Å²) in [5, 5.41) is 3.04. The van der Waals surface area contributed by atoms with Crippen LogP contribution in [0.5, 0.6) is 0 Å². The van der Waals surface area contributed by atoms with E-state index in [2.05, 4.69) is 5.32 Å². The van der Waals surface area contributed by atoms with E-state index in [4.69, 9.17) is 0 Å². The number of halogens is 1. The van der Waals surface area contributed by atoms with E-state index in [9.17, 15) is 14.0 Å². The minimum atomic E-state index is -0.278. The molecule has 1 saturated heterocycles. The molecule has 1 N–H and O–H groups in total. The first-order chi connectivity index (χ1) is 12.6. The Hall–Kier alpha value is -2.34. The summed E-state index contributed by atoms with van der Waals surface area (Å²) < 4.78 is 12.9. The second-order valence-corrected chi connectivity index (χ2v) is 7.29. The van der Waals surface area contributed by atoms with Crippen LogP contribution >= 0.6 is 11.8 Å². The monoisotopic (exact) mass is 372 g/mol. The minimum Gasteiger partial charge on any atom is -0.349 e. The molecular weight excluding hydrogens is 351 g/mol. The summed E-state index contributed by atoms with van der Waals surface area (Å²) in [6.07, 6.45) is 1.51. The molecule has 1 aliphatic rings. The van der Waals surface area contributed by atoms with Crippen molar-refractivity contribution in [1.82, 2.24) is 10.2 Å². The van der Waals surface area contributed by atoms with Gasteiger partial charge in [0.2, 0.25) is 5.91 Å². The average molecular weight is 372 g/mol. The van der Waals surface area contributed by atoms with Gasteiger partial charge in [0.25, 0.3) is 5.91 Å². The molecule has 2 amide bonds. The van der Waals surface area contributed by atoms with Gasteiger partial charge >= 0.3 is 0 Å². The van der Waals surface area contributed by atoms with Gasteiger partial charge in [-0.1, -0.05) is 18.2 Å². The molecule has 136 valence electrons. The largest absolute Gasteiger partial charge is 0.349 e. The van der Waals surface area contributed by atoms with Gasteiger partial charge in [-0.3, -0.25) is 9.59 Å². The minimum absolute atomic E-state index is 0.0674. The fourth-order valence-electron chi connectivity index (χ4n) is 2.90. The maximum atomic E-state index is 12.9. The molecule has 3 rings (SSSR count). The second-order valence-electron chi connectivity index (χ2n) is 6.24. The molecule has 26 heavy (non-hydrogen) atoms. The lowest BCUT2D eigenvalue weighted by Gasteiger charge is -2.32. The predicted molar refractivity (Wildman–Crippen MR) is 101 cm³/mol. The van der Waals surface area contributed by atoms with Gasteiger partial charge in [-0.15, -0.1) is 11.8 Å². The first-order valence-electron chi connectivity index (χ1n) is 8.64. The van der Waals surface area contributed by atoms with Crippen molar-refractivity contribution < 1.29 is 14.0 Å². The molecule has 0 spiro atoms. The van der Waals surface area contributed by atoms with E-state index in [1.54, 1.807) is 24.3 Å². The lowest BCUT2D eigenvalue weighted by molar-refractivity contribution is -0.129. The molecule has 1 fully saturated rings. The number of carbonyl (C=O) groups is 2. The molecule has 1 heterocycles. The molecule has 1 aliphatic heterocycles. The van der Waals surface area contributed by atoms with Gasteiger partial charge in [-0.25, -0.2) is 4.39 Å². The van der Waals surface area contributed by atoms with E-state index in [1.807, 2.05) is 23.1 Å². The molecule has 0 unspecified atom stereocenters. The second kappa shape index (κ2) is 8.85. The maximum Gasteiger partial charge on any atom is 0.251 e. The molecule has 0 bridgehead atoms. The van der Waals surface area contributed by atoms with Crippen molar-refractivity contribution in [2.24, 2.45) is 0 Å². The third-order valence-electron chi connectivity index (χ3n) is 4.39. The molecule has 4 nitrogen and oxygen atoms in total. The number of benzene rings is 2. The summed E-state index contributed by atoms with van der Waals surface area (Å²) in [4.78, 5) is 27.2. The Labute approximate surface area is 156 Å². The fourth-order valence-corrected chi connectivity index (χ4v) is 3.70. The number of nitrogens with zero attached hydrogens (tertiary/aromatic N) is 1. The van der Waals surface area contributed by atoms with Crippen molar-refractivity contribution >= 4 is 23.6 Å². The Bertz CT molecular complexity index is 744. The van der Waals surface area contributed by atoms with E-state index in [-0.39, 0.29) is 23.7 Å². The first kappa shape index (κ1) is 18.5. The summed E-state index contributed by atoms with van der Waals surface area (Å²) >= 11 is 1.41. The lowest BCUT2D eigenvalue weighted by atomic mass is 10.0. The van der Waals surface area contributed by atoms with Crippen molar-refractivity contribution in [3.63, 3.8) is 0 Å². The number of likely N-dealkylation sites (tertiary alicyclic amines) is 1. The number of piperidine rings is 1. The van der Waals surface area contributed by atoms with Crippen LogP contribution in [-0.4, -0.2) is 41.6 Å². The van der Waals surface area contributed by atoms with Crippen molar-refractivity contribution in [2.45, 2.75) is 23.8 Å². The van der Waals surface area contributed by atoms with Crippen molar-refractivity contribution in [3.8, 4) is 0 Å². The van der Waals surface area contributed by atoms with Gasteiger partial charge in [0.05, 0.1) is 5.75 Å². The van der Waals surface area contributed by atoms with Crippen molar-refractivity contribution in [3.05, 3.63) is 66.0 Å². The molecule has 2 aromatic rings. The number of rotatable bonds is 5. The van der Waals surface area contributed by atoms with Gasteiger partial charge in [0, 0.05) is 29.6 Å². The number of hydrogen-bond donors (Lipinski definition) is 1. The Morgan fingerprint density at radius 1 is 1.04 bits per heavy atom. The van der Waals surface area contributed by atoms with Gasteiger partial charge in [0.15, 0.2) is 0 Å². The number of thioether (sulfide) groups is 1. The molecule has 0 aliphatic carbocycles. The van der Waals surface area contributed by atoms with E-state index < -0.39 is 0 Å². The van der Waals surface area contributed by atoms with Crippen LogP contribution < -0.4 is 5.32 Å². The Balaban J connectivity index is 1.42.